The Bertz CT molecular complexity index is 1070. The quantitative estimate of drug-likeness (QED) is 0.632. The molecule has 0 saturated carbocycles. The molecular weight excluding hydrogens is 433 g/mol. The van der Waals surface area contributed by atoms with Crippen LogP contribution in [0.2, 0.25) is 10.0 Å². The maximum Gasteiger partial charge on any atom is 0.282 e. The lowest BCUT2D eigenvalue weighted by atomic mass is 10.0. The second-order valence-corrected chi connectivity index (χ2v) is 8.90. The van der Waals surface area contributed by atoms with Gasteiger partial charge in [-0.25, -0.2) is 4.90 Å². The van der Waals surface area contributed by atoms with Crippen molar-refractivity contribution in [3.05, 3.63) is 68.8 Å². The number of imide groups is 1. The Labute approximate surface area is 192 Å². The second kappa shape index (κ2) is 8.65. The first-order valence-electron chi connectivity index (χ1n) is 10.4. The molecule has 0 N–H and O–H groups in total. The van der Waals surface area contributed by atoms with Crippen molar-refractivity contribution in [2.75, 3.05) is 37.6 Å². The highest BCUT2D eigenvalue weighted by Crippen LogP contribution is 2.38. The van der Waals surface area contributed by atoms with Gasteiger partial charge in [-0.2, -0.15) is 0 Å². The third kappa shape index (κ3) is 4.10. The number of rotatable bonds is 4. The van der Waals surface area contributed by atoms with Crippen molar-refractivity contribution in [1.29, 1.82) is 0 Å². The van der Waals surface area contributed by atoms with Crippen LogP contribution in [0, 0.1) is 13.8 Å². The fraction of sp³-hybridized carbons (Fsp3) is 0.333. The average molecular weight is 458 g/mol. The van der Waals surface area contributed by atoms with Crippen LogP contribution in [-0.4, -0.2) is 54.3 Å². The zero-order valence-corrected chi connectivity index (χ0v) is 19.4. The summed E-state index contributed by atoms with van der Waals surface area (Å²) in [5.41, 5.74) is 3.86. The Morgan fingerprint density at radius 1 is 0.871 bits per heavy atom. The zero-order chi connectivity index (χ0) is 22.3. The topological polar surface area (TPSA) is 43.9 Å². The molecule has 4 rings (SSSR count). The van der Waals surface area contributed by atoms with Crippen molar-refractivity contribution >= 4 is 46.3 Å². The first-order valence-corrected chi connectivity index (χ1v) is 11.2. The summed E-state index contributed by atoms with van der Waals surface area (Å²) < 4.78 is 0. The van der Waals surface area contributed by atoms with E-state index in [1.54, 1.807) is 18.2 Å². The van der Waals surface area contributed by atoms with E-state index in [0.717, 1.165) is 30.8 Å². The molecule has 7 heteroatoms. The molecule has 2 aromatic rings. The first-order chi connectivity index (χ1) is 14.8. The summed E-state index contributed by atoms with van der Waals surface area (Å²) in [7, 11) is 0. The fourth-order valence-electron chi connectivity index (χ4n) is 4.35. The van der Waals surface area contributed by atoms with Gasteiger partial charge in [-0.05, 0) is 55.8 Å². The van der Waals surface area contributed by atoms with Gasteiger partial charge in [-0.15, -0.1) is 0 Å². The Morgan fingerprint density at radius 2 is 1.52 bits per heavy atom. The Balaban J connectivity index is 1.83. The first kappa shape index (κ1) is 21.9. The average Bonchev–Trinajstić information content (AvgIpc) is 2.97. The van der Waals surface area contributed by atoms with E-state index in [-0.39, 0.29) is 11.8 Å². The van der Waals surface area contributed by atoms with E-state index in [2.05, 4.69) is 11.8 Å². The molecule has 0 unspecified atom stereocenters. The van der Waals surface area contributed by atoms with Gasteiger partial charge in [0, 0.05) is 36.8 Å². The van der Waals surface area contributed by atoms with Crippen molar-refractivity contribution in [2.45, 2.75) is 20.8 Å². The van der Waals surface area contributed by atoms with Crippen LogP contribution < -0.4 is 4.90 Å². The van der Waals surface area contributed by atoms with Gasteiger partial charge >= 0.3 is 0 Å². The van der Waals surface area contributed by atoms with Crippen molar-refractivity contribution < 1.29 is 9.59 Å². The van der Waals surface area contributed by atoms with Gasteiger partial charge in [0.1, 0.15) is 5.70 Å². The molecule has 2 heterocycles. The highest BCUT2D eigenvalue weighted by Gasteiger charge is 2.43. The number of piperazine rings is 1. The van der Waals surface area contributed by atoms with E-state index in [4.69, 9.17) is 23.2 Å². The van der Waals surface area contributed by atoms with E-state index in [0.29, 0.717) is 45.7 Å². The van der Waals surface area contributed by atoms with Gasteiger partial charge < -0.3 is 9.80 Å². The zero-order valence-electron chi connectivity index (χ0n) is 17.9. The third-order valence-electron chi connectivity index (χ3n) is 5.86. The molecule has 5 nitrogen and oxygen atoms in total. The molecule has 2 amide bonds. The normalized spacial score (nSPS) is 17.8. The van der Waals surface area contributed by atoms with Crippen LogP contribution in [0.25, 0.3) is 5.57 Å². The monoisotopic (exact) mass is 457 g/mol. The molecule has 0 aliphatic carbocycles. The van der Waals surface area contributed by atoms with Crippen LogP contribution in [0.4, 0.5) is 5.69 Å². The van der Waals surface area contributed by atoms with Crippen LogP contribution >= 0.6 is 23.2 Å². The molecule has 1 fully saturated rings. The molecule has 0 aromatic heterocycles. The summed E-state index contributed by atoms with van der Waals surface area (Å²) in [5.74, 6) is -0.659. The van der Waals surface area contributed by atoms with Crippen LogP contribution in [-0.2, 0) is 9.59 Å². The van der Waals surface area contributed by atoms with E-state index < -0.39 is 0 Å². The number of carbonyl (C=O) groups is 2. The van der Waals surface area contributed by atoms with Crippen molar-refractivity contribution in [3.8, 4) is 0 Å². The molecule has 2 aliphatic heterocycles. The molecule has 2 aromatic carbocycles. The van der Waals surface area contributed by atoms with Gasteiger partial charge in [-0.3, -0.25) is 9.59 Å². The summed E-state index contributed by atoms with van der Waals surface area (Å²) in [5, 5.41) is 0.839. The van der Waals surface area contributed by atoms with E-state index >= 15 is 0 Å². The third-order valence-corrected chi connectivity index (χ3v) is 6.41. The number of amides is 2. The van der Waals surface area contributed by atoms with Gasteiger partial charge in [-0.1, -0.05) is 42.3 Å². The van der Waals surface area contributed by atoms with E-state index in [1.165, 1.54) is 4.90 Å². The van der Waals surface area contributed by atoms with Crippen LogP contribution in [0.1, 0.15) is 23.6 Å². The summed E-state index contributed by atoms with van der Waals surface area (Å²) in [6, 6.07) is 10.8. The minimum atomic E-state index is -0.354. The summed E-state index contributed by atoms with van der Waals surface area (Å²) in [6.45, 7) is 10.0. The van der Waals surface area contributed by atoms with E-state index in [9.17, 15) is 9.59 Å². The molecular formula is C24H25Cl2N3O2. The lowest BCUT2D eigenvalue weighted by Crippen LogP contribution is -2.47. The largest absolute Gasteiger partial charge is 0.364 e. The van der Waals surface area contributed by atoms with Crippen molar-refractivity contribution in [2.24, 2.45) is 0 Å². The summed E-state index contributed by atoms with van der Waals surface area (Å²) >= 11 is 12.6. The fourth-order valence-corrected chi connectivity index (χ4v) is 4.85. The summed E-state index contributed by atoms with van der Waals surface area (Å²) in [6.07, 6.45) is 0. The van der Waals surface area contributed by atoms with Crippen molar-refractivity contribution in [1.82, 2.24) is 9.80 Å². The smallest absolute Gasteiger partial charge is 0.282 e. The highest BCUT2D eigenvalue weighted by atomic mass is 35.5. The molecule has 0 bridgehead atoms. The number of carbonyl (C=O) groups excluding carboxylic acids is 2. The molecule has 2 aliphatic rings. The number of halogens is 2. The predicted molar refractivity (Wildman–Crippen MR) is 125 cm³/mol. The predicted octanol–water partition coefficient (Wildman–Crippen LogP) is 4.53. The number of likely N-dealkylation sites (N-methyl/N-ethyl adjacent to an activating group) is 1. The van der Waals surface area contributed by atoms with E-state index in [1.807, 2.05) is 36.9 Å². The van der Waals surface area contributed by atoms with Crippen molar-refractivity contribution in [3.63, 3.8) is 0 Å². The lowest BCUT2D eigenvalue weighted by Gasteiger charge is -2.36. The number of nitrogens with zero attached hydrogens (tertiary/aromatic N) is 3. The van der Waals surface area contributed by atoms with Gasteiger partial charge in [0.25, 0.3) is 11.8 Å². The Morgan fingerprint density at radius 3 is 2.10 bits per heavy atom. The summed E-state index contributed by atoms with van der Waals surface area (Å²) in [4.78, 5) is 33.0. The minimum absolute atomic E-state index is 0.305. The molecule has 0 radical (unpaired) electrons. The Kier molecular flexibility index (Phi) is 6.11. The number of benzene rings is 2. The highest BCUT2D eigenvalue weighted by molar-refractivity contribution is 6.47. The van der Waals surface area contributed by atoms with Gasteiger partial charge in [0.15, 0.2) is 0 Å². The molecule has 31 heavy (non-hydrogen) atoms. The maximum absolute atomic E-state index is 13.7. The van der Waals surface area contributed by atoms with Gasteiger partial charge in [0.05, 0.1) is 16.3 Å². The number of hydrogen-bond donors (Lipinski definition) is 0. The minimum Gasteiger partial charge on any atom is -0.364 e. The molecule has 162 valence electrons. The standard InChI is InChI=1S/C24H25Cl2N3O2/c1-4-27-7-9-28(10-8-27)22-21(19-6-5-17(25)14-20(19)26)23(30)29(24(22)31)18-12-15(2)11-16(3)13-18/h5-6,11-14H,4,7-10H2,1-3H3. The maximum atomic E-state index is 13.7. The van der Waals surface area contributed by atoms with Gasteiger partial charge in [0.2, 0.25) is 0 Å². The molecule has 1 saturated heterocycles. The van der Waals surface area contributed by atoms with Crippen LogP contribution in [0.5, 0.6) is 0 Å². The Hall–Kier alpha value is -2.34. The number of anilines is 1. The molecule has 0 spiro atoms. The lowest BCUT2D eigenvalue weighted by molar-refractivity contribution is -0.120. The SMILES string of the molecule is CCN1CCN(C2=C(c3ccc(Cl)cc3Cl)C(=O)N(c3cc(C)cc(C)c3)C2=O)CC1. The van der Waals surface area contributed by atoms with Crippen LogP contribution in [0.3, 0.4) is 0 Å². The molecule has 0 atom stereocenters. The number of hydrogen-bond acceptors (Lipinski definition) is 4. The number of aryl methyl sites for hydroxylation is 2. The second-order valence-electron chi connectivity index (χ2n) is 8.06. The van der Waals surface area contributed by atoms with Crippen LogP contribution in [0.15, 0.2) is 42.1 Å².